The molecule has 0 aliphatic rings. The molecule has 0 fully saturated rings. The van der Waals surface area contributed by atoms with E-state index in [-0.39, 0.29) is 4.86 Å². The van der Waals surface area contributed by atoms with Crippen LogP contribution in [0.1, 0.15) is 0 Å². The van der Waals surface area contributed by atoms with Gasteiger partial charge in [-0.2, -0.15) is 0 Å². The van der Waals surface area contributed by atoms with Gasteiger partial charge in [0.05, 0.1) is 0 Å². The summed E-state index contributed by atoms with van der Waals surface area (Å²) in [6.07, 6.45) is -3.16. The second kappa shape index (κ2) is 4.50. The lowest BCUT2D eigenvalue weighted by molar-refractivity contribution is 0.0782. The quantitative estimate of drug-likeness (QED) is 0.599. The number of halogens is 5. The third-order valence-corrected chi connectivity index (χ3v) is 2.97. The minimum Gasteiger partial charge on any atom is -0.287 e. The fraction of sp³-hybridized carbons (Fsp3) is 1.00. The van der Waals surface area contributed by atoms with Crippen LogP contribution in [-0.2, 0) is 13.7 Å². The molecular formula is C2H4F5NO3P2. The molecule has 0 spiro atoms. The number of hydrogen-bond donors (Lipinski definition) is 1. The minimum absolute atomic E-state index is 0.206. The smallest absolute Gasteiger partial charge is 0.287 e. The average Bonchev–Trinajstić information content (AvgIpc) is 1.78. The Morgan fingerprint density at radius 1 is 1.23 bits per heavy atom. The maximum atomic E-state index is 12.2. The van der Waals surface area contributed by atoms with Crippen molar-refractivity contribution < 1.29 is 35.0 Å². The highest BCUT2D eigenvalue weighted by atomic mass is 31.3. The Kier molecular flexibility index (Phi) is 4.51. The van der Waals surface area contributed by atoms with E-state index in [1.165, 1.54) is 0 Å². The van der Waals surface area contributed by atoms with Crippen molar-refractivity contribution in [1.29, 1.82) is 0 Å². The fourth-order valence-electron chi connectivity index (χ4n) is 0.320. The van der Waals surface area contributed by atoms with E-state index in [1.54, 1.807) is 0 Å². The van der Waals surface area contributed by atoms with Gasteiger partial charge in [0.25, 0.3) is 6.43 Å². The zero-order chi connectivity index (χ0) is 10.7. The summed E-state index contributed by atoms with van der Waals surface area (Å²) in [6, 6.07) is 0. The molecule has 0 amide bonds. The number of hydrogen-bond acceptors (Lipinski definition) is 3. The summed E-state index contributed by atoms with van der Waals surface area (Å²) < 4.78 is 80.7. The van der Waals surface area contributed by atoms with Crippen molar-refractivity contribution in [2.24, 2.45) is 0 Å². The monoisotopic (exact) mass is 247 g/mol. The largest absolute Gasteiger partial charge is 0.490 e. The highest BCUT2D eigenvalue weighted by molar-refractivity contribution is 7.67. The van der Waals surface area contributed by atoms with E-state index >= 15 is 0 Å². The number of rotatable bonds is 5. The predicted octanol–water partition coefficient (Wildman–Crippen LogP) is 2.98. The van der Waals surface area contributed by atoms with Gasteiger partial charge in [-0.05, 0) is 0 Å². The lowest BCUT2D eigenvalue weighted by atomic mass is 10.8. The van der Waals surface area contributed by atoms with E-state index < -0.39 is 28.8 Å². The van der Waals surface area contributed by atoms with Gasteiger partial charge in [-0.1, -0.05) is 0 Å². The summed E-state index contributed by atoms with van der Waals surface area (Å²) in [6.45, 7) is -1.62. The van der Waals surface area contributed by atoms with Crippen LogP contribution in [0.2, 0.25) is 0 Å². The Hall–Kier alpha value is 0.0300. The second-order valence-corrected chi connectivity index (χ2v) is 4.67. The van der Waals surface area contributed by atoms with Gasteiger partial charge < -0.3 is 0 Å². The molecule has 13 heavy (non-hydrogen) atoms. The Labute approximate surface area is 69.7 Å². The maximum absolute atomic E-state index is 12.2. The van der Waals surface area contributed by atoms with E-state index in [4.69, 9.17) is 0 Å². The zero-order valence-electron chi connectivity index (χ0n) is 5.79. The van der Waals surface area contributed by atoms with Crippen LogP contribution in [0.4, 0.5) is 21.4 Å². The number of nitrogens with one attached hydrogen (secondary N) is 1. The Morgan fingerprint density at radius 2 is 1.69 bits per heavy atom. The Morgan fingerprint density at radius 3 is 2.00 bits per heavy atom. The Balaban J connectivity index is 4.10. The van der Waals surface area contributed by atoms with E-state index in [1.807, 2.05) is 0 Å². The molecule has 0 radical (unpaired) electrons. The van der Waals surface area contributed by atoms with Gasteiger partial charge >= 0.3 is 15.7 Å². The summed E-state index contributed by atoms with van der Waals surface area (Å²) in [5.74, 6) is 0. The average molecular weight is 247 g/mol. The van der Waals surface area contributed by atoms with Crippen LogP contribution in [0, 0.1) is 0 Å². The lowest BCUT2D eigenvalue weighted by Gasteiger charge is -2.08. The molecule has 0 aliphatic heterocycles. The van der Waals surface area contributed by atoms with Gasteiger partial charge in [0, 0.05) is 0 Å². The Bertz CT molecular complexity index is 252. The van der Waals surface area contributed by atoms with Gasteiger partial charge in [-0.15, -0.1) is 17.4 Å². The van der Waals surface area contributed by atoms with Crippen molar-refractivity contribution in [3.8, 4) is 0 Å². The molecule has 0 saturated heterocycles. The van der Waals surface area contributed by atoms with Crippen LogP contribution >= 0.6 is 15.7 Å². The van der Waals surface area contributed by atoms with Crippen LogP contribution in [0.3, 0.4) is 0 Å². The van der Waals surface area contributed by atoms with Crippen molar-refractivity contribution in [2.75, 3.05) is 6.61 Å². The summed E-state index contributed by atoms with van der Waals surface area (Å²) >= 11 is 0. The summed E-state index contributed by atoms with van der Waals surface area (Å²) in [4.78, 5) is 0.206. The standard InChI is InChI=1S/C2H4F5NO3P2/c3-2(4)1-11-13(7,10)8-12(5,6)9/h2H,1H2,(H,8,9,10). The first-order valence-corrected chi connectivity index (χ1v) is 5.64. The maximum Gasteiger partial charge on any atom is 0.490 e. The van der Waals surface area contributed by atoms with Gasteiger partial charge in [0.1, 0.15) is 6.61 Å². The van der Waals surface area contributed by atoms with Crippen molar-refractivity contribution in [2.45, 2.75) is 6.43 Å². The van der Waals surface area contributed by atoms with Crippen LogP contribution in [-0.4, -0.2) is 13.0 Å². The van der Waals surface area contributed by atoms with E-state index in [0.29, 0.717) is 0 Å². The minimum atomic E-state index is -6.11. The molecule has 0 heterocycles. The first-order chi connectivity index (χ1) is 5.62. The molecule has 0 aromatic carbocycles. The first-order valence-electron chi connectivity index (χ1n) is 2.64. The molecule has 11 heteroatoms. The molecule has 80 valence electrons. The second-order valence-electron chi connectivity index (χ2n) is 1.73. The van der Waals surface area contributed by atoms with Crippen molar-refractivity contribution in [3.63, 3.8) is 0 Å². The van der Waals surface area contributed by atoms with Crippen LogP contribution < -0.4 is 4.86 Å². The van der Waals surface area contributed by atoms with Crippen molar-refractivity contribution in [3.05, 3.63) is 0 Å². The topological polar surface area (TPSA) is 55.4 Å². The first kappa shape index (κ1) is 13.0. The molecular weight excluding hydrogens is 243 g/mol. The third-order valence-electron chi connectivity index (χ3n) is 0.602. The molecule has 1 atom stereocenters. The van der Waals surface area contributed by atoms with Crippen LogP contribution in [0.25, 0.3) is 0 Å². The zero-order valence-corrected chi connectivity index (χ0v) is 7.58. The van der Waals surface area contributed by atoms with Gasteiger partial charge in [-0.3, -0.25) is 4.52 Å². The molecule has 0 aliphatic carbocycles. The lowest BCUT2D eigenvalue weighted by Crippen LogP contribution is -2.07. The summed E-state index contributed by atoms with van der Waals surface area (Å²) in [5, 5.41) is 0. The molecule has 1 N–H and O–H groups in total. The van der Waals surface area contributed by atoms with Crippen LogP contribution in [0.5, 0.6) is 0 Å². The molecule has 0 aromatic rings. The summed E-state index contributed by atoms with van der Waals surface area (Å²) in [7, 11) is -11.7. The fourth-order valence-corrected chi connectivity index (χ4v) is 1.97. The highest BCUT2D eigenvalue weighted by Gasteiger charge is 2.35. The van der Waals surface area contributed by atoms with Gasteiger partial charge in [0.15, 0.2) is 0 Å². The molecule has 0 bridgehead atoms. The molecule has 0 aromatic heterocycles. The normalized spacial score (nSPS) is 17.4. The van der Waals surface area contributed by atoms with Gasteiger partial charge in [0.2, 0.25) is 0 Å². The molecule has 0 rings (SSSR count). The van der Waals surface area contributed by atoms with E-state index in [0.717, 1.165) is 0 Å². The van der Waals surface area contributed by atoms with Gasteiger partial charge in [-0.25, -0.2) is 17.9 Å². The highest BCUT2D eigenvalue weighted by Crippen LogP contribution is 2.58. The SMILES string of the molecule is O=P(F)(F)NP(=O)(F)OCC(F)F. The third kappa shape index (κ3) is 8.36. The van der Waals surface area contributed by atoms with E-state index in [9.17, 15) is 30.5 Å². The van der Waals surface area contributed by atoms with Crippen molar-refractivity contribution in [1.82, 2.24) is 4.86 Å². The van der Waals surface area contributed by atoms with Crippen molar-refractivity contribution >= 4 is 15.7 Å². The summed E-state index contributed by atoms with van der Waals surface area (Å²) in [5.41, 5.74) is 0. The number of alkyl halides is 2. The molecule has 1 unspecified atom stereocenters. The molecule has 0 saturated carbocycles. The van der Waals surface area contributed by atoms with E-state index in [2.05, 4.69) is 4.52 Å². The molecule has 4 nitrogen and oxygen atoms in total. The predicted molar refractivity (Wildman–Crippen MR) is 33.6 cm³/mol. The van der Waals surface area contributed by atoms with Crippen LogP contribution in [0.15, 0.2) is 0 Å².